The number of likely N-dealkylation sites (tertiary alicyclic amines) is 1. The third kappa shape index (κ3) is 6.19. The average molecular weight is 378 g/mol. The lowest BCUT2D eigenvalue weighted by Gasteiger charge is -2.39. The van der Waals surface area contributed by atoms with E-state index in [9.17, 15) is 5.11 Å². The van der Waals surface area contributed by atoms with E-state index >= 15 is 0 Å². The summed E-state index contributed by atoms with van der Waals surface area (Å²) in [6, 6.07) is 11.5. The molecule has 0 amide bonds. The number of nitrogens with zero attached hydrogens (tertiary/aromatic N) is 1. The van der Waals surface area contributed by atoms with Crippen molar-refractivity contribution >= 4 is 8.07 Å². The van der Waals surface area contributed by atoms with Gasteiger partial charge < -0.3 is 14.7 Å². The summed E-state index contributed by atoms with van der Waals surface area (Å²) in [6.07, 6.45) is 7.67. The predicted molar refractivity (Wildman–Crippen MR) is 113 cm³/mol. The molecule has 2 rings (SSSR count). The molecule has 1 fully saturated rings. The Morgan fingerprint density at radius 2 is 2.00 bits per heavy atom. The second-order valence-electron chi connectivity index (χ2n) is 8.71. The molecule has 1 aliphatic heterocycles. The van der Waals surface area contributed by atoms with Crippen LogP contribution in [0, 0.1) is 0 Å². The van der Waals surface area contributed by atoms with Gasteiger partial charge in [0.1, 0.15) is 0 Å². The van der Waals surface area contributed by atoms with Gasteiger partial charge in [-0.15, -0.1) is 0 Å². The van der Waals surface area contributed by atoms with Crippen molar-refractivity contribution in [1.82, 2.24) is 4.90 Å². The summed E-state index contributed by atoms with van der Waals surface area (Å²) in [5, 5.41) is 10.7. The standard InChI is InChI=1S/C22H39NO2Si/c1-5-6-14-21(24)16-22(19-11-8-7-9-12-19)26(3,4)18-23-15-10-13-20(23)17-25-2/h7-9,11-12,20-22,24H,5-6,10,13-18H2,1-4H3/t20-,21-,22-/m0/s1. The van der Waals surface area contributed by atoms with Crippen LogP contribution in [0.5, 0.6) is 0 Å². The van der Waals surface area contributed by atoms with Gasteiger partial charge in [-0.25, -0.2) is 0 Å². The lowest BCUT2D eigenvalue weighted by molar-refractivity contribution is 0.123. The van der Waals surface area contributed by atoms with Crippen molar-refractivity contribution < 1.29 is 9.84 Å². The first-order valence-electron chi connectivity index (χ1n) is 10.4. The highest BCUT2D eigenvalue weighted by Crippen LogP contribution is 2.34. The molecular weight excluding hydrogens is 338 g/mol. The van der Waals surface area contributed by atoms with Crippen LogP contribution in [0.2, 0.25) is 13.1 Å². The van der Waals surface area contributed by atoms with E-state index in [1.54, 1.807) is 0 Å². The smallest absolute Gasteiger partial charge is 0.0705 e. The fourth-order valence-corrected chi connectivity index (χ4v) is 8.23. The average Bonchev–Trinajstić information content (AvgIpc) is 3.05. The molecule has 1 aromatic carbocycles. The van der Waals surface area contributed by atoms with Crippen LogP contribution in [-0.2, 0) is 4.74 Å². The number of benzene rings is 1. The van der Waals surface area contributed by atoms with E-state index in [1.807, 2.05) is 7.11 Å². The number of unbranched alkanes of at least 4 members (excludes halogenated alkanes) is 1. The number of aliphatic hydroxyl groups excluding tert-OH is 1. The van der Waals surface area contributed by atoms with Gasteiger partial charge >= 0.3 is 0 Å². The SMILES string of the molecule is CCCC[C@H](O)C[C@@H](c1ccccc1)[Si](C)(C)CN1CCC[C@H]1COC. The summed E-state index contributed by atoms with van der Waals surface area (Å²) >= 11 is 0. The Bertz CT molecular complexity index is 508. The summed E-state index contributed by atoms with van der Waals surface area (Å²) in [5.41, 5.74) is 1.92. The molecule has 3 atom stereocenters. The molecule has 0 radical (unpaired) electrons. The molecule has 1 heterocycles. The second kappa shape index (κ2) is 10.6. The molecule has 1 saturated heterocycles. The normalized spacial score (nSPS) is 21.0. The van der Waals surface area contributed by atoms with Crippen LogP contribution < -0.4 is 0 Å². The molecule has 0 unspecified atom stereocenters. The first-order valence-corrected chi connectivity index (χ1v) is 13.7. The largest absolute Gasteiger partial charge is 0.393 e. The van der Waals surface area contributed by atoms with Gasteiger partial charge in [0, 0.05) is 13.2 Å². The van der Waals surface area contributed by atoms with Crippen molar-refractivity contribution in [1.29, 1.82) is 0 Å². The molecule has 0 spiro atoms. The van der Waals surface area contributed by atoms with Gasteiger partial charge in [-0.2, -0.15) is 0 Å². The summed E-state index contributed by atoms with van der Waals surface area (Å²) in [6.45, 7) is 9.27. The number of hydrogen-bond acceptors (Lipinski definition) is 3. The van der Waals surface area contributed by atoms with Gasteiger partial charge in [0.15, 0.2) is 0 Å². The Balaban J connectivity index is 2.13. The fraction of sp³-hybridized carbons (Fsp3) is 0.727. The zero-order chi connectivity index (χ0) is 19.0. The molecule has 1 aromatic rings. The number of hydrogen-bond donors (Lipinski definition) is 1. The summed E-state index contributed by atoms with van der Waals surface area (Å²) in [5.74, 6) is 0. The van der Waals surface area contributed by atoms with E-state index in [1.165, 1.54) is 31.1 Å². The highest BCUT2D eigenvalue weighted by Gasteiger charge is 2.38. The Kier molecular flexibility index (Phi) is 8.81. The summed E-state index contributed by atoms with van der Waals surface area (Å²) < 4.78 is 5.46. The number of aliphatic hydroxyl groups is 1. The van der Waals surface area contributed by atoms with Gasteiger partial charge in [0.25, 0.3) is 0 Å². The summed E-state index contributed by atoms with van der Waals surface area (Å²) in [4.78, 5) is 2.67. The highest BCUT2D eigenvalue weighted by molar-refractivity contribution is 6.79. The van der Waals surface area contributed by atoms with Gasteiger partial charge in [-0.3, -0.25) is 0 Å². The van der Waals surface area contributed by atoms with E-state index in [4.69, 9.17) is 4.74 Å². The maximum Gasteiger partial charge on any atom is 0.0705 e. The Morgan fingerprint density at radius 3 is 2.65 bits per heavy atom. The maximum absolute atomic E-state index is 10.7. The van der Waals surface area contributed by atoms with Gasteiger partial charge in [-0.1, -0.05) is 63.2 Å². The van der Waals surface area contributed by atoms with Crippen molar-refractivity contribution in [2.24, 2.45) is 0 Å². The second-order valence-corrected chi connectivity index (χ2v) is 13.7. The van der Waals surface area contributed by atoms with E-state index in [0.717, 1.165) is 32.3 Å². The molecule has 148 valence electrons. The fourth-order valence-electron chi connectivity index (χ4n) is 4.54. The van der Waals surface area contributed by atoms with E-state index in [-0.39, 0.29) is 6.10 Å². The van der Waals surface area contributed by atoms with E-state index in [2.05, 4.69) is 55.2 Å². The van der Waals surface area contributed by atoms with Crippen LogP contribution in [0.4, 0.5) is 0 Å². The molecule has 3 nitrogen and oxygen atoms in total. The molecule has 0 aromatic heterocycles. The van der Waals surface area contributed by atoms with Gasteiger partial charge in [0.2, 0.25) is 0 Å². The monoisotopic (exact) mass is 377 g/mol. The van der Waals surface area contributed by atoms with Gasteiger partial charge in [0.05, 0.1) is 20.8 Å². The first kappa shape index (κ1) is 21.6. The highest BCUT2D eigenvalue weighted by atomic mass is 28.3. The molecule has 0 bridgehead atoms. The molecule has 1 aliphatic rings. The zero-order valence-corrected chi connectivity index (χ0v) is 18.3. The molecule has 4 heteroatoms. The zero-order valence-electron chi connectivity index (χ0n) is 17.3. The Hall–Kier alpha value is -0.683. The molecule has 26 heavy (non-hydrogen) atoms. The van der Waals surface area contributed by atoms with Crippen molar-refractivity contribution in [3.63, 3.8) is 0 Å². The van der Waals surface area contributed by atoms with E-state index < -0.39 is 8.07 Å². The predicted octanol–water partition coefficient (Wildman–Crippen LogP) is 4.61. The lowest BCUT2D eigenvalue weighted by Crippen LogP contribution is -2.50. The molecule has 0 aliphatic carbocycles. The lowest BCUT2D eigenvalue weighted by atomic mass is 10.0. The minimum atomic E-state index is -1.60. The minimum Gasteiger partial charge on any atom is -0.393 e. The van der Waals surface area contributed by atoms with Crippen LogP contribution in [-0.4, -0.2) is 56.7 Å². The van der Waals surface area contributed by atoms with Crippen LogP contribution >= 0.6 is 0 Å². The van der Waals surface area contributed by atoms with Crippen molar-refractivity contribution in [2.75, 3.05) is 26.4 Å². The summed E-state index contributed by atoms with van der Waals surface area (Å²) in [7, 11) is 0.214. The van der Waals surface area contributed by atoms with Crippen molar-refractivity contribution in [3.8, 4) is 0 Å². The molecule has 1 N–H and O–H groups in total. The molecular formula is C22H39NO2Si. The number of methoxy groups -OCH3 is 1. The quantitative estimate of drug-likeness (QED) is 0.572. The number of rotatable bonds is 11. The maximum atomic E-state index is 10.7. The first-order chi connectivity index (χ1) is 12.5. The Labute approximate surface area is 161 Å². The topological polar surface area (TPSA) is 32.7 Å². The minimum absolute atomic E-state index is 0.180. The number of ether oxygens (including phenoxy) is 1. The van der Waals surface area contributed by atoms with Crippen molar-refractivity contribution in [2.45, 2.75) is 76.2 Å². The van der Waals surface area contributed by atoms with Crippen molar-refractivity contribution in [3.05, 3.63) is 35.9 Å². The van der Waals surface area contributed by atoms with Crippen LogP contribution in [0.3, 0.4) is 0 Å². The van der Waals surface area contributed by atoms with Crippen LogP contribution in [0.1, 0.15) is 56.6 Å². The molecule has 0 saturated carbocycles. The van der Waals surface area contributed by atoms with Gasteiger partial charge in [-0.05, 0) is 49.5 Å². The third-order valence-electron chi connectivity index (χ3n) is 6.01. The Morgan fingerprint density at radius 1 is 1.27 bits per heavy atom. The van der Waals surface area contributed by atoms with Crippen LogP contribution in [0.15, 0.2) is 30.3 Å². The van der Waals surface area contributed by atoms with Crippen LogP contribution in [0.25, 0.3) is 0 Å². The third-order valence-corrected chi connectivity index (χ3v) is 9.69. The van der Waals surface area contributed by atoms with E-state index in [0.29, 0.717) is 11.6 Å².